The minimum atomic E-state index is -0.728. The van der Waals surface area contributed by atoms with E-state index in [1.54, 1.807) is 48.5 Å². The van der Waals surface area contributed by atoms with Crippen LogP contribution in [0, 0.1) is 0 Å². The van der Waals surface area contributed by atoms with E-state index >= 15 is 0 Å². The van der Waals surface area contributed by atoms with Crippen molar-refractivity contribution in [3.05, 3.63) is 71.8 Å². The molecular weight excluding hydrogens is 468 g/mol. The van der Waals surface area contributed by atoms with Gasteiger partial charge in [0.15, 0.2) is 12.2 Å². The lowest BCUT2D eigenvalue weighted by molar-refractivity contribution is -0.102. The second-order valence-corrected chi connectivity index (χ2v) is 7.63. The lowest BCUT2D eigenvalue weighted by Gasteiger charge is -2.37. The van der Waals surface area contributed by atoms with E-state index in [0.29, 0.717) is 11.1 Å². The number of carbonyl (C=O) groups is 2. The summed E-state index contributed by atoms with van der Waals surface area (Å²) in [5.74, 6) is -0.977. The predicted molar refractivity (Wildman–Crippen MR) is 103 cm³/mol. The Balaban J connectivity index is 1.74. The van der Waals surface area contributed by atoms with Crippen molar-refractivity contribution in [1.82, 2.24) is 0 Å². The van der Waals surface area contributed by atoms with Gasteiger partial charge in [-0.3, -0.25) is 0 Å². The Morgan fingerprint density at radius 1 is 0.846 bits per heavy atom. The van der Waals surface area contributed by atoms with Crippen molar-refractivity contribution in [2.45, 2.75) is 22.0 Å². The van der Waals surface area contributed by atoms with E-state index in [1.807, 2.05) is 12.1 Å². The summed E-state index contributed by atoms with van der Waals surface area (Å²) in [6.07, 6.45) is -1.43. The number of rotatable bonds is 4. The van der Waals surface area contributed by atoms with Gasteiger partial charge in [0.1, 0.15) is 5.01 Å². The predicted octanol–water partition coefficient (Wildman–Crippen LogP) is 3.95. The molecule has 0 saturated carbocycles. The Kier molecular flexibility index (Phi) is 6.45. The first kappa shape index (κ1) is 19.1. The van der Waals surface area contributed by atoms with Crippen molar-refractivity contribution in [3.63, 3.8) is 0 Å². The van der Waals surface area contributed by atoms with Gasteiger partial charge in [-0.15, -0.1) is 0 Å². The number of esters is 2. The van der Waals surface area contributed by atoms with Crippen LogP contribution in [0.2, 0.25) is 0 Å². The van der Waals surface area contributed by atoms with Gasteiger partial charge in [0.2, 0.25) is 0 Å². The lowest BCUT2D eigenvalue weighted by atomic mass is 10.1. The number of alkyl halides is 2. The van der Waals surface area contributed by atoms with E-state index in [0.717, 1.165) is 0 Å². The van der Waals surface area contributed by atoms with Crippen LogP contribution in [-0.2, 0) is 14.2 Å². The maximum atomic E-state index is 12.4. The van der Waals surface area contributed by atoms with Gasteiger partial charge in [0.05, 0.1) is 22.6 Å². The number of hydrogen-bond donors (Lipinski definition) is 0. The van der Waals surface area contributed by atoms with Crippen LogP contribution in [0.15, 0.2) is 60.7 Å². The average molecular weight is 484 g/mol. The average Bonchev–Trinajstić information content (AvgIpc) is 2.68. The van der Waals surface area contributed by atoms with Gasteiger partial charge in [0.25, 0.3) is 0 Å². The van der Waals surface area contributed by atoms with E-state index in [4.69, 9.17) is 14.2 Å². The van der Waals surface area contributed by atoms with Crippen molar-refractivity contribution in [2.24, 2.45) is 0 Å². The molecule has 4 atom stereocenters. The van der Waals surface area contributed by atoms with Gasteiger partial charge in [-0.2, -0.15) is 0 Å². The minimum Gasteiger partial charge on any atom is -0.453 e. The van der Waals surface area contributed by atoms with E-state index in [-0.39, 0.29) is 16.4 Å². The van der Waals surface area contributed by atoms with Crippen LogP contribution >= 0.6 is 31.9 Å². The summed E-state index contributed by atoms with van der Waals surface area (Å²) in [5.41, 5.74) is 0.852. The first-order valence-electron chi connectivity index (χ1n) is 7.98. The van der Waals surface area contributed by atoms with Crippen molar-refractivity contribution in [1.29, 1.82) is 0 Å². The molecule has 1 aliphatic rings. The Labute approximate surface area is 167 Å². The van der Waals surface area contributed by atoms with Crippen LogP contribution < -0.4 is 0 Å². The fourth-order valence-electron chi connectivity index (χ4n) is 2.52. The molecule has 7 heteroatoms. The number of halogens is 2. The SMILES string of the molecule is O=C(O[C@@H]1[C@H](Br)[C@H](Br)OC[C@H]1OC(=O)c1ccccc1)c1ccccc1. The van der Waals surface area contributed by atoms with Gasteiger partial charge in [-0.25, -0.2) is 9.59 Å². The fourth-order valence-corrected chi connectivity index (χ4v) is 3.57. The molecule has 5 nitrogen and oxygen atoms in total. The van der Waals surface area contributed by atoms with Crippen molar-refractivity contribution >= 4 is 43.8 Å². The highest BCUT2D eigenvalue weighted by atomic mass is 79.9. The van der Waals surface area contributed by atoms with Gasteiger partial charge in [-0.05, 0) is 24.3 Å². The van der Waals surface area contributed by atoms with Gasteiger partial charge in [0, 0.05) is 0 Å². The molecule has 1 saturated heterocycles. The molecular formula is C19H16Br2O5. The molecule has 0 spiro atoms. The Hall–Kier alpha value is -1.70. The zero-order valence-electron chi connectivity index (χ0n) is 13.6. The van der Waals surface area contributed by atoms with E-state index in [2.05, 4.69) is 31.9 Å². The Morgan fingerprint density at radius 2 is 1.35 bits per heavy atom. The van der Waals surface area contributed by atoms with Gasteiger partial charge in [-0.1, -0.05) is 68.3 Å². The molecule has 0 bridgehead atoms. The summed E-state index contributed by atoms with van der Waals surface area (Å²) in [4.78, 5) is 24.4. The third-order valence-corrected chi connectivity index (χ3v) is 6.42. The quantitative estimate of drug-likeness (QED) is 0.486. The number of benzene rings is 2. The Morgan fingerprint density at radius 3 is 1.88 bits per heavy atom. The second-order valence-electron chi connectivity index (χ2n) is 5.67. The zero-order valence-corrected chi connectivity index (χ0v) is 16.8. The molecule has 0 radical (unpaired) electrons. The molecule has 1 aliphatic heterocycles. The molecule has 0 N–H and O–H groups in total. The van der Waals surface area contributed by atoms with E-state index < -0.39 is 24.1 Å². The summed E-state index contributed by atoms with van der Waals surface area (Å²) < 4.78 is 16.7. The summed E-state index contributed by atoms with van der Waals surface area (Å²) in [7, 11) is 0. The highest BCUT2D eigenvalue weighted by Gasteiger charge is 2.43. The van der Waals surface area contributed by atoms with Crippen molar-refractivity contribution in [2.75, 3.05) is 6.61 Å². The molecule has 0 aromatic heterocycles. The second kappa shape index (κ2) is 8.79. The molecule has 136 valence electrons. The largest absolute Gasteiger partial charge is 0.453 e. The standard InChI is InChI=1S/C19H16Br2O5/c20-15-16(26-19(23)13-9-5-2-6-10-13)14(11-24-17(15)21)25-18(22)12-7-3-1-4-8-12/h1-10,14-17H,11H2/t14-,15+,16+,17-/m1/s1. The third-order valence-electron chi connectivity index (χ3n) is 3.87. The zero-order chi connectivity index (χ0) is 18.5. The molecule has 1 heterocycles. The maximum Gasteiger partial charge on any atom is 0.338 e. The van der Waals surface area contributed by atoms with Crippen LogP contribution in [0.25, 0.3) is 0 Å². The van der Waals surface area contributed by atoms with E-state index in [9.17, 15) is 9.59 Å². The lowest BCUT2D eigenvalue weighted by Crippen LogP contribution is -2.52. The molecule has 2 aromatic carbocycles. The van der Waals surface area contributed by atoms with E-state index in [1.165, 1.54) is 0 Å². The van der Waals surface area contributed by atoms with Crippen LogP contribution in [0.4, 0.5) is 0 Å². The number of ether oxygens (including phenoxy) is 3. The van der Waals surface area contributed by atoms with Crippen LogP contribution in [0.3, 0.4) is 0 Å². The monoisotopic (exact) mass is 482 g/mol. The maximum absolute atomic E-state index is 12.4. The first-order valence-corrected chi connectivity index (χ1v) is 9.81. The molecule has 0 amide bonds. The molecule has 0 aliphatic carbocycles. The third kappa shape index (κ3) is 4.52. The van der Waals surface area contributed by atoms with Gasteiger partial charge >= 0.3 is 11.9 Å². The normalized spacial score (nSPS) is 25.3. The fraction of sp³-hybridized carbons (Fsp3) is 0.263. The molecule has 0 unspecified atom stereocenters. The van der Waals surface area contributed by atoms with Crippen molar-refractivity contribution in [3.8, 4) is 0 Å². The van der Waals surface area contributed by atoms with Crippen LogP contribution in [0.1, 0.15) is 20.7 Å². The van der Waals surface area contributed by atoms with Crippen LogP contribution in [-0.4, -0.2) is 40.6 Å². The topological polar surface area (TPSA) is 61.8 Å². The molecule has 1 fully saturated rings. The first-order chi connectivity index (χ1) is 12.6. The molecule has 3 rings (SSSR count). The molecule has 26 heavy (non-hydrogen) atoms. The smallest absolute Gasteiger partial charge is 0.338 e. The van der Waals surface area contributed by atoms with Gasteiger partial charge < -0.3 is 14.2 Å². The number of hydrogen-bond acceptors (Lipinski definition) is 5. The summed E-state index contributed by atoms with van der Waals surface area (Å²) in [6, 6.07) is 17.3. The highest BCUT2D eigenvalue weighted by Crippen LogP contribution is 2.30. The minimum absolute atomic E-state index is 0.114. The van der Waals surface area contributed by atoms with Crippen molar-refractivity contribution < 1.29 is 23.8 Å². The summed E-state index contributed by atoms with van der Waals surface area (Å²) >= 11 is 6.85. The number of carbonyl (C=O) groups excluding carboxylic acids is 2. The highest BCUT2D eigenvalue weighted by molar-refractivity contribution is 9.12. The molecule has 2 aromatic rings. The summed E-state index contributed by atoms with van der Waals surface area (Å²) in [6.45, 7) is 0.114. The Bertz CT molecular complexity index is 753. The summed E-state index contributed by atoms with van der Waals surface area (Å²) in [5, 5.41) is -0.372. The van der Waals surface area contributed by atoms with Crippen LogP contribution in [0.5, 0.6) is 0 Å².